The average molecular weight is 503 g/mol. The second-order valence-corrected chi connectivity index (χ2v) is 9.38. The van der Waals surface area contributed by atoms with Gasteiger partial charge >= 0.3 is 5.97 Å². The second-order valence-electron chi connectivity index (χ2n) is 8.94. The molecule has 5 nitrogen and oxygen atoms in total. The Hall–Kier alpha value is -3.57. The molecular weight excluding hydrogens is 472 g/mol. The van der Waals surface area contributed by atoms with Crippen LogP contribution in [-0.4, -0.2) is 23.8 Å². The number of nitrogens with zero attached hydrogens (tertiary/aromatic N) is 1. The topological polar surface area (TPSA) is 64.4 Å². The third-order valence-corrected chi connectivity index (χ3v) is 6.33. The molecule has 0 bridgehead atoms. The van der Waals surface area contributed by atoms with Gasteiger partial charge in [0.2, 0.25) is 0 Å². The zero-order valence-corrected chi connectivity index (χ0v) is 21.6. The van der Waals surface area contributed by atoms with Crippen molar-refractivity contribution in [1.82, 2.24) is 5.16 Å². The number of hydrogen-bond donors (Lipinski definition) is 1. The molecule has 0 saturated heterocycles. The number of rotatable bonds is 10. The Kier molecular flexibility index (Phi) is 8.44. The fourth-order valence-electron chi connectivity index (χ4n) is 4.14. The van der Waals surface area contributed by atoms with Gasteiger partial charge in [-0.15, -0.1) is 0 Å². The summed E-state index contributed by atoms with van der Waals surface area (Å²) >= 11 is 6.12. The molecule has 4 aromatic rings. The molecule has 1 heterocycles. The highest BCUT2D eigenvalue weighted by atomic mass is 35.5. The fourth-order valence-corrected chi connectivity index (χ4v) is 4.35. The molecule has 0 amide bonds. The van der Waals surface area contributed by atoms with E-state index in [4.69, 9.17) is 20.9 Å². The number of aryl methyl sites for hydroxylation is 2. The van der Waals surface area contributed by atoms with Crippen LogP contribution in [0.25, 0.3) is 22.5 Å². The summed E-state index contributed by atoms with van der Waals surface area (Å²) in [5.41, 5.74) is 7.04. The number of ether oxygens (including phenoxy) is 1. The molecule has 0 aliphatic carbocycles. The zero-order chi connectivity index (χ0) is 25.5. The quantitative estimate of drug-likeness (QED) is 0.227. The zero-order valence-electron chi connectivity index (χ0n) is 20.9. The molecule has 3 aromatic carbocycles. The van der Waals surface area contributed by atoms with Gasteiger partial charge in [0.05, 0.1) is 13.0 Å². The molecule has 0 aliphatic rings. The molecule has 0 fully saturated rings. The van der Waals surface area contributed by atoms with E-state index in [1.807, 2.05) is 68.4 Å². The summed E-state index contributed by atoms with van der Waals surface area (Å²) in [5, 5.41) is 8.57. The van der Waals surface area contributed by atoms with Gasteiger partial charge in [-0.2, -0.15) is 0 Å². The molecule has 186 valence electrons. The molecule has 0 saturated carbocycles. The van der Waals surface area contributed by atoms with Crippen LogP contribution in [0.1, 0.15) is 37.1 Å². The van der Waals surface area contributed by atoms with Crippen LogP contribution in [0.15, 0.2) is 77.3 Å². The minimum atomic E-state index is -0.208. The van der Waals surface area contributed by atoms with E-state index in [0.29, 0.717) is 6.61 Å². The van der Waals surface area contributed by atoms with Crippen LogP contribution in [-0.2, 0) is 22.4 Å². The fraction of sp³-hybridized carbons (Fsp3) is 0.267. The van der Waals surface area contributed by atoms with Crippen LogP contribution >= 0.6 is 11.6 Å². The first-order valence-electron chi connectivity index (χ1n) is 12.3. The molecule has 1 unspecified atom stereocenters. The molecule has 0 aliphatic heterocycles. The molecule has 4 rings (SSSR count). The summed E-state index contributed by atoms with van der Waals surface area (Å²) in [4.78, 5) is 11.7. The first-order chi connectivity index (χ1) is 17.4. The Morgan fingerprint density at radius 2 is 1.67 bits per heavy atom. The number of esters is 1. The Morgan fingerprint density at radius 3 is 2.33 bits per heavy atom. The predicted octanol–water partition coefficient (Wildman–Crippen LogP) is 7.51. The van der Waals surface area contributed by atoms with Gasteiger partial charge in [-0.05, 0) is 68.0 Å². The lowest BCUT2D eigenvalue weighted by atomic mass is 10.0. The highest BCUT2D eigenvalue weighted by molar-refractivity contribution is 6.30. The summed E-state index contributed by atoms with van der Waals surface area (Å²) < 4.78 is 10.7. The van der Waals surface area contributed by atoms with Crippen molar-refractivity contribution in [2.75, 3.05) is 11.9 Å². The number of carbonyl (C=O) groups excluding carboxylic acids is 1. The Bertz CT molecular complexity index is 1300. The van der Waals surface area contributed by atoms with Gasteiger partial charge in [0.15, 0.2) is 5.76 Å². The summed E-state index contributed by atoms with van der Waals surface area (Å²) in [6, 6.07) is 24.4. The maximum atomic E-state index is 11.7. The van der Waals surface area contributed by atoms with Crippen LogP contribution in [0.2, 0.25) is 5.02 Å². The van der Waals surface area contributed by atoms with E-state index in [1.54, 1.807) is 0 Å². The van der Waals surface area contributed by atoms with E-state index < -0.39 is 0 Å². The number of hydrogen-bond acceptors (Lipinski definition) is 5. The summed E-state index contributed by atoms with van der Waals surface area (Å²) in [7, 11) is 0. The van der Waals surface area contributed by atoms with E-state index in [2.05, 4.69) is 35.6 Å². The number of halogens is 1. The van der Waals surface area contributed by atoms with E-state index in [0.717, 1.165) is 57.3 Å². The maximum Gasteiger partial charge on any atom is 0.310 e. The molecule has 6 heteroatoms. The van der Waals surface area contributed by atoms with Crippen LogP contribution < -0.4 is 5.32 Å². The van der Waals surface area contributed by atoms with Crippen LogP contribution in [0, 0.1) is 6.92 Å². The van der Waals surface area contributed by atoms with Gasteiger partial charge in [-0.25, -0.2) is 0 Å². The van der Waals surface area contributed by atoms with Crippen LogP contribution in [0.4, 0.5) is 5.69 Å². The lowest BCUT2D eigenvalue weighted by molar-refractivity contribution is -0.142. The molecule has 1 aromatic heterocycles. The number of carbonyl (C=O) groups is 1. The number of anilines is 1. The second kappa shape index (κ2) is 11.9. The Morgan fingerprint density at radius 1 is 1.00 bits per heavy atom. The number of benzene rings is 3. The average Bonchev–Trinajstić information content (AvgIpc) is 3.23. The van der Waals surface area contributed by atoms with E-state index in [9.17, 15) is 4.79 Å². The summed E-state index contributed by atoms with van der Waals surface area (Å²) in [6.07, 6.45) is 2.17. The normalized spacial score (nSPS) is 11.8. The van der Waals surface area contributed by atoms with Crippen LogP contribution in [0.5, 0.6) is 0 Å². The number of nitrogens with one attached hydrogen (secondary N) is 1. The highest BCUT2D eigenvalue weighted by Crippen LogP contribution is 2.33. The lowest BCUT2D eigenvalue weighted by Gasteiger charge is -2.15. The molecule has 0 spiro atoms. The maximum absolute atomic E-state index is 11.7. The van der Waals surface area contributed by atoms with Gasteiger partial charge < -0.3 is 14.6 Å². The third kappa shape index (κ3) is 6.55. The SMILES string of the molecule is CCOC(=O)Cc1ccc(-c2ccc(-c3onc(C)c3NC(C)CCc3cccc(Cl)c3)cc2)cc1. The standard InChI is InChI=1S/C30H31ClN2O3/c1-4-35-28(34)19-23-10-12-24(13-11-23)25-14-16-26(17-15-25)30-29(21(3)33-36-30)32-20(2)8-9-22-6-5-7-27(31)18-22/h5-7,10-18,20,32H,4,8-9,19H2,1-3H3. The van der Waals surface area contributed by atoms with Crippen LogP contribution in [0.3, 0.4) is 0 Å². The predicted molar refractivity (Wildman–Crippen MR) is 145 cm³/mol. The molecule has 36 heavy (non-hydrogen) atoms. The van der Waals surface area contributed by atoms with Gasteiger partial charge in [0.1, 0.15) is 11.4 Å². The van der Waals surface area contributed by atoms with Gasteiger partial charge in [0, 0.05) is 16.6 Å². The van der Waals surface area contributed by atoms with Crippen molar-refractivity contribution >= 4 is 23.3 Å². The number of aromatic nitrogens is 1. The van der Waals surface area contributed by atoms with Crippen molar-refractivity contribution < 1.29 is 14.1 Å². The minimum absolute atomic E-state index is 0.208. The first kappa shape index (κ1) is 25.5. The van der Waals surface area contributed by atoms with Crippen molar-refractivity contribution in [3.05, 3.63) is 94.6 Å². The Labute approximate surface area is 217 Å². The largest absolute Gasteiger partial charge is 0.466 e. The monoisotopic (exact) mass is 502 g/mol. The van der Waals surface area contributed by atoms with Crippen molar-refractivity contribution in [3.63, 3.8) is 0 Å². The third-order valence-electron chi connectivity index (χ3n) is 6.10. The van der Waals surface area contributed by atoms with Crippen molar-refractivity contribution in [2.24, 2.45) is 0 Å². The van der Waals surface area contributed by atoms with Gasteiger partial charge in [-0.3, -0.25) is 4.79 Å². The first-order valence-corrected chi connectivity index (χ1v) is 12.6. The van der Waals surface area contributed by atoms with Gasteiger partial charge in [0.25, 0.3) is 0 Å². The summed E-state index contributed by atoms with van der Waals surface area (Å²) in [6.45, 7) is 6.32. The van der Waals surface area contributed by atoms with Gasteiger partial charge in [-0.1, -0.05) is 77.4 Å². The van der Waals surface area contributed by atoms with Crippen molar-refractivity contribution in [2.45, 2.75) is 46.1 Å². The van der Waals surface area contributed by atoms with E-state index in [-0.39, 0.29) is 18.4 Å². The lowest BCUT2D eigenvalue weighted by Crippen LogP contribution is -2.16. The van der Waals surface area contributed by atoms with Crippen molar-refractivity contribution in [1.29, 1.82) is 0 Å². The van der Waals surface area contributed by atoms with E-state index >= 15 is 0 Å². The Balaban J connectivity index is 1.42. The van der Waals surface area contributed by atoms with E-state index in [1.165, 1.54) is 5.56 Å². The van der Waals surface area contributed by atoms with Crippen molar-refractivity contribution in [3.8, 4) is 22.5 Å². The smallest absolute Gasteiger partial charge is 0.310 e. The summed E-state index contributed by atoms with van der Waals surface area (Å²) in [5.74, 6) is 0.526. The highest BCUT2D eigenvalue weighted by Gasteiger charge is 2.17. The molecule has 1 atom stereocenters. The minimum Gasteiger partial charge on any atom is -0.466 e. The molecule has 0 radical (unpaired) electrons. The molecule has 1 N–H and O–H groups in total. The molecular formula is C30H31ClN2O3.